The summed E-state index contributed by atoms with van der Waals surface area (Å²) in [7, 11) is 0. The fraction of sp³-hybridized carbons (Fsp3) is 0.190. The van der Waals surface area contributed by atoms with Gasteiger partial charge < -0.3 is 0 Å². The molecule has 0 amide bonds. The predicted octanol–water partition coefficient (Wildman–Crippen LogP) is 3.80. The fourth-order valence-corrected chi connectivity index (χ4v) is 2.43. The highest BCUT2D eigenvalue weighted by Gasteiger charge is 2.07. The van der Waals surface area contributed by atoms with Crippen LogP contribution in [-0.4, -0.2) is 0 Å². The summed E-state index contributed by atoms with van der Waals surface area (Å²) in [6.45, 7) is 7.93. The van der Waals surface area contributed by atoms with Crippen LogP contribution in [0.15, 0.2) is 72.4 Å². The van der Waals surface area contributed by atoms with Crippen LogP contribution >= 0.6 is 0 Å². The van der Waals surface area contributed by atoms with Gasteiger partial charge in [-0.05, 0) is 29.4 Å². The standard InChI is InChI=1S/C21H21N/c1-16(2)11-13-18-7-6-9-19-8-4-5-10-20(19)21(15-22)17(3)12-14-18/h4-5,7-14,17H,1,6H2,2-3H3/b13-11?,14-12-,18-7-,19-9-,21-20-. The molecule has 0 N–H and O–H groups in total. The van der Waals surface area contributed by atoms with Crippen molar-refractivity contribution in [2.45, 2.75) is 20.3 Å². The summed E-state index contributed by atoms with van der Waals surface area (Å²) in [5, 5.41) is 11.7. The van der Waals surface area contributed by atoms with Crippen molar-refractivity contribution >= 4 is 11.6 Å². The lowest BCUT2D eigenvalue weighted by molar-refractivity contribution is 0.963. The van der Waals surface area contributed by atoms with Crippen molar-refractivity contribution < 1.29 is 0 Å². The molecule has 1 atom stereocenters. The molecule has 1 aromatic rings. The molecule has 0 aromatic heterocycles. The van der Waals surface area contributed by atoms with Crippen molar-refractivity contribution in [3.8, 4) is 6.07 Å². The van der Waals surface area contributed by atoms with E-state index in [-0.39, 0.29) is 5.92 Å². The monoisotopic (exact) mass is 287 g/mol. The average molecular weight is 287 g/mol. The number of hydrogen-bond donors (Lipinski definition) is 0. The zero-order chi connectivity index (χ0) is 15.9. The lowest BCUT2D eigenvalue weighted by Gasteiger charge is -2.07. The maximum atomic E-state index is 9.55. The Kier molecular flexibility index (Phi) is 5.33. The van der Waals surface area contributed by atoms with E-state index in [1.54, 1.807) is 0 Å². The average Bonchev–Trinajstić information content (AvgIpc) is 2.51. The van der Waals surface area contributed by atoms with E-state index in [0.717, 1.165) is 33.6 Å². The maximum absolute atomic E-state index is 9.55. The number of benzene rings is 1. The molecule has 1 unspecified atom stereocenters. The highest BCUT2D eigenvalue weighted by Crippen LogP contribution is 2.14. The minimum absolute atomic E-state index is 0.0827. The van der Waals surface area contributed by atoms with Gasteiger partial charge in [0.1, 0.15) is 0 Å². The normalized spacial score (nSPS) is 26.0. The molecular weight excluding hydrogens is 266 g/mol. The van der Waals surface area contributed by atoms with Gasteiger partial charge in [-0.25, -0.2) is 0 Å². The number of nitrogens with zero attached hydrogens (tertiary/aromatic N) is 1. The van der Waals surface area contributed by atoms with E-state index in [2.05, 4.69) is 56.0 Å². The molecule has 0 bridgehead atoms. The molecule has 1 nitrogen and oxygen atoms in total. The summed E-state index contributed by atoms with van der Waals surface area (Å²) < 4.78 is 0. The SMILES string of the molecule is C=C(C)C=CC1=C/C/C=c2/cccc/c2=C(\C#N)C(C)/C=C\1. The van der Waals surface area contributed by atoms with Gasteiger partial charge in [-0.3, -0.25) is 0 Å². The van der Waals surface area contributed by atoms with Crippen LogP contribution < -0.4 is 10.4 Å². The van der Waals surface area contributed by atoms with E-state index in [1.807, 2.05) is 31.2 Å². The molecule has 0 aliphatic heterocycles. The topological polar surface area (TPSA) is 23.8 Å². The van der Waals surface area contributed by atoms with Gasteiger partial charge in [0.15, 0.2) is 0 Å². The smallest absolute Gasteiger partial charge is 0.0959 e. The number of nitriles is 1. The molecule has 22 heavy (non-hydrogen) atoms. The van der Waals surface area contributed by atoms with Gasteiger partial charge >= 0.3 is 0 Å². The van der Waals surface area contributed by atoms with E-state index < -0.39 is 0 Å². The summed E-state index contributed by atoms with van der Waals surface area (Å²) in [5.41, 5.74) is 2.98. The van der Waals surface area contributed by atoms with Crippen LogP contribution in [0.3, 0.4) is 0 Å². The first-order valence-corrected chi connectivity index (χ1v) is 7.53. The summed E-state index contributed by atoms with van der Waals surface area (Å²) in [4.78, 5) is 0. The number of rotatable bonds is 2. The van der Waals surface area contributed by atoms with Crippen LogP contribution in [0.4, 0.5) is 0 Å². The van der Waals surface area contributed by atoms with Gasteiger partial charge in [0.05, 0.1) is 6.07 Å². The van der Waals surface area contributed by atoms with Gasteiger partial charge in [0.2, 0.25) is 0 Å². The summed E-state index contributed by atoms with van der Waals surface area (Å²) in [6.07, 6.45) is 13.5. The van der Waals surface area contributed by atoms with Crippen molar-refractivity contribution in [2.75, 3.05) is 0 Å². The fourth-order valence-electron chi connectivity index (χ4n) is 2.43. The van der Waals surface area contributed by atoms with Crippen LogP contribution in [-0.2, 0) is 0 Å². The van der Waals surface area contributed by atoms with Gasteiger partial charge in [-0.15, -0.1) is 0 Å². The van der Waals surface area contributed by atoms with Crippen molar-refractivity contribution in [3.63, 3.8) is 0 Å². The van der Waals surface area contributed by atoms with Crippen molar-refractivity contribution in [1.29, 1.82) is 5.26 Å². The van der Waals surface area contributed by atoms with Gasteiger partial charge in [0, 0.05) is 11.5 Å². The van der Waals surface area contributed by atoms with Crippen LogP contribution in [0.25, 0.3) is 11.6 Å². The molecule has 1 aromatic carbocycles. The minimum atomic E-state index is 0.0827. The van der Waals surface area contributed by atoms with E-state index in [9.17, 15) is 5.26 Å². The maximum Gasteiger partial charge on any atom is 0.0959 e. The second kappa shape index (κ2) is 7.43. The quantitative estimate of drug-likeness (QED) is 0.759. The second-order valence-corrected chi connectivity index (χ2v) is 5.58. The highest BCUT2D eigenvalue weighted by molar-refractivity contribution is 5.64. The molecule has 0 spiro atoms. The molecule has 0 heterocycles. The van der Waals surface area contributed by atoms with E-state index in [4.69, 9.17) is 0 Å². The van der Waals surface area contributed by atoms with Gasteiger partial charge in [0.25, 0.3) is 0 Å². The molecule has 0 saturated carbocycles. The molecule has 1 heteroatoms. The summed E-state index contributed by atoms with van der Waals surface area (Å²) >= 11 is 0. The Labute approximate surface area is 132 Å². The third kappa shape index (κ3) is 3.96. The summed E-state index contributed by atoms with van der Waals surface area (Å²) in [6, 6.07) is 10.5. The molecular formula is C21H21N. The lowest BCUT2D eigenvalue weighted by atomic mass is 9.96. The Morgan fingerprint density at radius 3 is 2.82 bits per heavy atom. The first-order chi connectivity index (χ1) is 10.6. The first-order valence-electron chi connectivity index (χ1n) is 7.53. The van der Waals surface area contributed by atoms with Crippen molar-refractivity contribution in [2.24, 2.45) is 5.92 Å². The Bertz CT molecular complexity index is 810. The third-order valence-corrected chi connectivity index (χ3v) is 3.66. The van der Waals surface area contributed by atoms with E-state index in [1.165, 1.54) is 0 Å². The predicted molar refractivity (Wildman–Crippen MR) is 94.1 cm³/mol. The van der Waals surface area contributed by atoms with Crippen LogP contribution in [0.5, 0.6) is 0 Å². The Morgan fingerprint density at radius 2 is 2.09 bits per heavy atom. The zero-order valence-corrected chi connectivity index (χ0v) is 13.2. The Hall–Kier alpha value is -2.59. The van der Waals surface area contributed by atoms with Crippen molar-refractivity contribution in [3.05, 3.63) is 82.8 Å². The van der Waals surface area contributed by atoms with Crippen LogP contribution in [0, 0.1) is 17.2 Å². The molecule has 0 saturated heterocycles. The number of hydrogen-bond acceptors (Lipinski definition) is 1. The molecule has 110 valence electrons. The lowest BCUT2D eigenvalue weighted by Crippen LogP contribution is -2.28. The Balaban J connectivity index is 2.58. The molecule has 1 aliphatic rings. The first kappa shape index (κ1) is 15.8. The second-order valence-electron chi connectivity index (χ2n) is 5.58. The number of fused-ring (bicyclic) bond motifs is 1. The van der Waals surface area contributed by atoms with E-state index in [0.29, 0.717) is 0 Å². The minimum Gasteiger partial charge on any atom is -0.193 e. The van der Waals surface area contributed by atoms with E-state index >= 15 is 0 Å². The van der Waals surface area contributed by atoms with Crippen LogP contribution in [0.2, 0.25) is 0 Å². The summed E-state index contributed by atoms with van der Waals surface area (Å²) in [5.74, 6) is 0.0827. The largest absolute Gasteiger partial charge is 0.193 e. The number of allylic oxidation sites excluding steroid dienone is 7. The third-order valence-electron chi connectivity index (χ3n) is 3.66. The van der Waals surface area contributed by atoms with Gasteiger partial charge in [-0.1, -0.05) is 79.8 Å². The molecule has 0 radical (unpaired) electrons. The zero-order valence-electron chi connectivity index (χ0n) is 13.2. The molecule has 1 aliphatic carbocycles. The Morgan fingerprint density at radius 1 is 1.32 bits per heavy atom. The van der Waals surface area contributed by atoms with Gasteiger partial charge in [-0.2, -0.15) is 5.26 Å². The van der Waals surface area contributed by atoms with Crippen LogP contribution in [0.1, 0.15) is 20.3 Å². The van der Waals surface area contributed by atoms with Crippen molar-refractivity contribution in [1.82, 2.24) is 0 Å². The highest BCUT2D eigenvalue weighted by atomic mass is 14.3. The molecule has 2 rings (SSSR count). The molecule has 0 fully saturated rings.